The number of carbonyl (C=O) groups is 1. The Labute approximate surface area is 134 Å². The number of rotatable bonds is 2. The van der Waals surface area contributed by atoms with Gasteiger partial charge in [0.2, 0.25) is 0 Å². The lowest BCUT2D eigenvalue weighted by molar-refractivity contribution is -0.137. The van der Waals surface area contributed by atoms with Crippen molar-refractivity contribution in [2.45, 2.75) is 6.18 Å². The number of nitrogens with zero attached hydrogens (tertiary/aromatic N) is 1. The Morgan fingerprint density at radius 2 is 1.90 bits per heavy atom. The summed E-state index contributed by atoms with van der Waals surface area (Å²) in [7, 11) is 0. The largest absolute Gasteiger partial charge is 0.416 e. The number of pyridine rings is 1. The van der Waals surface area contributed by atoms with Crippen LogP contribution in [0.3, 0.4) is 0 Å². The van der Waals surface area contributed by atoms with E-state index < -0.39 is 17.6 Å². The molecule has 0 spiro atoms. The van der Waals surface area contributed by atoms with Crippen molar-refractivity contribution in [3.8, 4) is 0 Å². The van der Waals surface area contributed by atoms with Gasteiger partial charge in [-0.15, -0.1) is 0 Å². The van der Waals surface area contributed by atoms with Crippen molar-refractivity contribution in [2.75, 3.05) is 5.32 Å². The quantitative estimate of drug-likeness (QED) is 0.699. The molecule has 0 aliphatic carbocycles. The topological polar surface area (TPSA) is 42.0 Å². The molecule has 0 radical (unpaired) electrons. The van der Waals surface area contributed by atoms with Crippen LogP contribution in [-0.2, 0) is 6.18 Å². The van der Waals surface area contributed by atoms with Crippen molar-refractivity contribution < 1.29 is 18.0 Å². The third kappa shape index (κ3) is 3.82. The zero-order chi connectivity index (χ0) is 15.6. The van der Waals surface area contributed by atoms with Gasteiger partial charge in [-0.25, -0.2) is 4.98 Å². The lowest BCUT2D eigenvalue weighted by Crippen LogP contribution is -2.15. The van der Waals surface area contributed by atoms with Gasteiger partial charge in [-0.1, -0.05) is 0 Å². The molecule has 0 saturated heterocycles. The van der Waals surface area contributed by atoms with Gasteiger partial charge in [0.25, 0.3) is 5.91 Å². The Balaban J connectivity index is 2.33. The minimum absolute atomic E-state index is 0.111. The molecule has 1 amide bonds. The van der Waals surface area contributed by atoms with Gasteiger partial charge in [-0.05, 0) is 62.2 Å². The van der Waals surface area contributed by atoms with Crippen LogP contribution in [0.5, 0.6) is 0 Å². The number of hydrogen-bond donors (Lipinski definition) is 1. The van der Waals surface area contributed by atoms with Crippen LogP contribution in [0.25, 0.3) is 0 Å². The van der Waals surface area contributed by atoms with Crippen molar-refractivity contribution in [2.24, 2.45) is 0 Å². The van der Waals surface area contributed by atoms with Gasteiger partial charge in [0.15, 0.2) is 0 Å². The molecule has 3 nitrogen and oxygen atoms in total. The molecular weight excluding hydrogens is 417 g/mol. The highest BCUT2D eigenvalue weighted by molar-refractivity contribution is 9.10. The maximum Gasteiger partial charge on any atom is 0.416 e. The number of amides is 1. The smallest absolute Gasteiger partial charge is 0.320 e. The normalized spacial score (nSPS) is 11.3. The Kier molecular flexibility index (Phi) is 4.67. The number of benzene rings is 1. The van der Waals surface area contributed by atoms with E-state index in [-0.39, 0.29) is 10.0 Å². The van der Waals surface area contributed by atoms with Crippen LogP contribution >= 0.6 is 31.9 Å². The Morgan fingerprint density at radius 3 is 2.52 bits per heavy atom. The molecule has 0 bridgehead atoms. The summed E-state index contributed by atoms with van der Waals surface area (Å²) in [4.78, 5) is 16.0. The number of nitrogens with one attached hydrogen (secondary N) is 1. The molecule has 0 saturated carbocycles. The van der Waals surface area contributed by atoms with E-state index in [4.69, 9.17) is 0 Å². The molecule has 1 aromatic heterocycles. The summed E-state index contributed by atoms with van der Waals surface area (Å²) in [6.45, 7) is 0. The number of aromatic nitrogens is 1. The second-order valence-electron chi connectivity index (χ2n) is 3.99. The number of alkyl halides is 3. The molecule has 2 aromatic rings. The van der Waals surface area contributed by atoms with Crippen molar-refractivity contribution in [3.63, 3.8) is 0 Å². The lowest BCUT2D eigenvalue weighted by Gasteiger charge is -2.11. The Bertz CT molecular complexity index is 689. The average molecular weight is 424 g/mol. The molecular formula is C13H7Br2F3N2O. The summed E-state index contributed by atoms with van der Waals surface area (Å²) in [5, 5.41) is 2.50. The molecule has 1 heterocycles. The molecule has 0 atom stereocenters. The first kappa shape index (κ1) is 16.0. The van der Waals surface area contributed by atoms with Gasteiger partial charge in [-0.3, -0.25) is 4.79 Å². The standard InChI is InChI=1S/C13H7Br2F3N2O/c14-9-4-3-7(13(16,17)18)6-8(9)12(21)20-10-2-1-5-19-11(10)15/h1-6H,(H,20,21). The fourth-order valence-corrected chi connectivity index (χ4v) is 2.32. The molecule has 0 unspecified atom stereocenters. The third-order valence-electron chi connectivity index (χ3n) is 2.55. The van der Waals surface area contributed by atoms with E-state index in [1.54, 1.807) is 12.1 Å². The first-order valence-electron chi connectivity index (χ1n) is 5.57. The molecule has 110 valence electrons. The Morgan fingerprint density at radius 1 is 1.19 bits per heavy atom. The minimum Gasteiger partial charge on any atom is -0.320 e. The molecule has 0 aliphatic rings. The van der Waals surface area contributed by atoms with Crippen LogP contribution in [0.15, 0.2) is 45.6 Å². The third-order valence-corrected chi connectivity index (χ3v) is 3.87. The van der Waals surface area contributed by atoms with Crippen molar-refractivity contribution in [1.82, 2.24) is 4.98 Å². The van der Waals surface area contributed by atoms with E-state index in [1.807, 2.05) is 0 Å². The van der Waals surface area contributed by atoms with Gasteiger partial charge in [0.1, 0.15) is 4.60 Å². The number of halogens is 5. The highest BCUT2D eigenvalue weighted by Crippen LogP contribution is 2.32. The van der Waals surface area contributed by atoms with Crippen LogP contribution in [0.4, 0.5) is 18.9 Å². The summed E-state index contributed by atoms with van der Waals surface area (Å²) >= 11 is 6.22. The van der Waals surface area contributed by atoms with Crippen molar-refractivity contribution in [3.05, 3.63) is 56.7 Å². The van der Waals surface area contributed by atoms with E-state index in [1.165, 1.54) is 12.3 Å². The van der Waals surface area contributed by atoms with E-state index in [0.717, 1.165) is 12.1 Å². The van der Waals surface area contributed by atoms with Gasteiger partial charge in [0, 0.05) is 10.7 Å². The highest BCUT2D eigenvalue weighted by Gasteiger charge is 2.31. The predicted octanol–water partition coefficient (Wildman–Crippen LogP) is 4.88. The summed E-state index contributed by atoms with van der Waals surface area (Å²) < 4.78 is 38.7. The fourth-order valence-electron chi connectivity index (χ4n) is 1.54. The lowest BCUT2D eigenvalue weighted by atomic mass is 10.1. The van der Waals surface area contributed by atoms with E-state index in [0.29, 0.717) is 10.3 Å². The van der Waals surface area contributed by atoms with E-state index in [9.17, 15) is 18.0 Å². The number of anilines is 1. The van der Waals surface area contributed by atoms with Crippen LogP contribution in [-0.4, -0.2) is 10.9 Å². The van der Waals surface area contributed by atoms with Gasteiger partial charge in [0.05, 0.1) is 16.8 Å². The van der Waals surface area contributed by atoms with Crippen LogP contribution in [0.2, 0.25) is 0 Å². The maximum absolute atomic E-state index is 12.7. The first-order valence-corrected chi connectivity index (χ1v) is 7.16. The minimum atomic E-state index is -4.51. The zero-order valence-electron chi connectivity index (χ0n) is 10.2. The maximum atomic E-state index is 12.7. The van der Waals surface area contributed by atoms with Gasteiger partial charge >= 0.3 is 6.18 Å². The average Bonchev–Trinajstić information content (AvgIpc) is 2.40. The van der Waals surface area contributed by atoms with Crippen LogP contribution in [0, 0.1) is 0 Å². The Hall–Kier alpha value is -1.41. The second-order valence-corrected chi connectivity index (χ2v) is 5.59. The van der Waals surface area contributed by atoms with E-state index >= 15 is 0 Å². The summed E-state index contributed by atoms with van der Waals surface area (Å²) in [5.74, 6) is -0.665. The predicted molar refractivity (Wildman–Crippen MR) is 79.0 cm³/mol. The zero-order valence-corrected chi connectivity index (χ0v) is 13.4. The molecule has 2 rings (SSSR count). The fraction of sp³-hybridized carbons (Fsp3) is 0.0769. The first-order chi connectivity index (χ1) is 9.79. The number of carbonyl (C=O) groups excluding carboxylic acids is 1. The summed E-state index contributed by atoms with van der Waals surface area (Å²) in [6, 6.07) is 6.07. The van der Waals surface area contributed by atoms with Crippen LogP contribution in [0.1, 0.15) is 15.9 Å². The van der Waals surface area contributed by atoms with E-state index in [2.05, 4.69) is 42.2 Å². The SMILES string of the molecule is O=C(Nc1cccnc1Br)c1cc(C(F)(F)F)ccc1Br. The van der Waals surface area contributed by atoms with Gasteiger partial charge < -0.3 is 5.32 Å². The van der Waals surface area contributed by atoms with Crippen LogP contribution < -0.4 is 5.32 Å². The summed E-state index contributed by atoms with van der Waals surface area (Å²) in [6.07, 6.45) is -3.00. The van der Waals surface area contributed by atoms with Crippen molar-refractivity contribution >= 4 is 43.5 Å². The van der Waals surface area contributed by atoms with Gasteiger partial charge in [-0.2, -0.15) is 13.2 Å². The second kappa shape index (κ2) is 6.15. The number of hydrogen-bond acceptors (Lipinski definition) is 2. The van der Waals surface area contributed by atoms with Crippen molar-refractivity contribution in [1.29, 1.82) is 0 Å². The molecule has 1 aromatic carbocycles. The summed E-state index contributed by atoms with van der Waals surface area (Å²) in [5.41, 5.74) is -0.631. The molecule has 0 fully saturated rings. The molecule has 21 heavy (non-hydrogen) atoms. The molecule has 0 aliphatic heterocycles. The molecule has 8 heteroatoms. The monoisotopic (exact) mass is 422 g/mol. The highest BCUT2D eigenvalue weighted by atomic mass is 79.9. The molecule has 1 N–H and O–H groups in total.